The molecule has 3 amide bonds. The van der Waals surface area contributed by atoms with Crippen LogP contribution in [0.4, 0.5) is 5.69 Å². The van der Waals surface area contributed by atoms with E-state index >= 15 is 0 Å². The first-order valence-electron chi connectivity index (χ1n) is 8.29. The minimum Gasteiger partial charge on any atom is -0.351 e. The van der Waals surface area contributed by atoms with Crippen LogP contribution in [0.3, 0.4) is 0 Å². The van der Waals surface area contributed by atoms with Crippen molar-refractivity contribution in [2.75, 3.05) is 46.3 Å². The molecule has 10 heteroatoms. The van der Waals surface area contributed by atoms with Gasteiger partial charge in [-0.25, -0.2) is 0 Å². The summed E-state index contributed by atoms with van der Waals surface area (Å²) in [5, 5.41) is 15.6. The van der Waals surface area contributed by atoms with Crippen molar-refractivity contribution < 1.29 is 24.2 Å². The second kappa shape index (κ2) is 8.90. The molecule has 10 nitrogen and oxygen atoms in total. The highest BCUT2D eigenvalue weighted by Crippen LogP contribution is 2.14. The summed E-state index contributed by atoms with van der Waals surface area (Å²) in [6.45, 7) is 3.50. The summed E-state index contributed by atoms with van der Waals surface area (Å²) in [5.74, 6) is -1.56. The van der Waals surface area contributed by atoms with E-state index in [1.54, 1.807) is 11.0 Å². The Bertz CT molecular complexity index is 700. The van der Waals surface area contributed by atoms with Crippen LogP contribution in [0.5, 0.6) is 0 Å². The molecule has 1 saturated heterocycles. The smallest absolute Gasteiger partial charge is 0.309 e. The molecule has 26 heavy (non-hydrogen) atoms. The average Bonchev–Trinajstić information content (AvgIpc) is 2.67. The van der Waals surface area contributed by atoms with E-state index in [1.165, 1.54) is 30.1 Å². The number of nitrogens with zero attached hydrogens (tertiary/aromatic N) is 2. The fourth-order valence-electron chi connectivity index (χ4n) is 2.76. The monoisotopic (exact) mass is 364 g/mol. The molecule has 0 spiro atoms. The number of benzene rings is 1. The van der Waals surface area contributed by atoms with Gasteiger partial charge in [-0.3, -0.25) is 24.5 Å². The molecule has 0 saturated carbocycles. The summed E-state index contributed by atoms with van der Waals surface area (Å²) >= 11 is 0. The molecule has 1 aliphatic heterocycles. The summed E-state index contributed by atoms with van der Waals surface area (Å²) in [7, 11) is 1.39. The van der Waals surface area contributed by atoms with E-state index < -0.39 is 16.7 Å². The lowest BCUT2D eigenvalue weighted by Gasteiger charge is -2.32. The molecule has 3 N–H and O–H groups in total. The third-order valence-electron chi connectivity index (χ3n) is 4.26. The molecule has 0 atom stereocenters. The maximum absolute atomic E-state index is 12.5. The molecular weight excluding hydrogens is 342 g/mol. The number of non-ortho nitro benzene ring substituents is 1. The molecule has 0 bridgehead atoms. The first kappa shape index (κ1) is 19.3. The minimum atomic E-state index is -0.674. The summed E-state index contributed by atoms with van der Waals surface area (Å²) in [6, 6.07) is 5.71. The Labute approximate surface area is 150 Å². The Morgan fingerprint density at radius 3 is 2.54 bits per heavy atom. The predicted molar refractivity (Wildman–Crippen MR) is 91.6 cm³/mol. The topological polar surface area (TPSA) is 126 Å². The van der Waals surface area contributed by atoms with Crippen LogP contribution in [0.25, 0.3) is 0 Å². The van der Waals surface area contributed by atoms with Crippen LogP contribution in [0, 0.1) is 10.1 Å². The van der Waals surface area contributed by atoms with Gasteiger partial charge in [-0.1, -0.05) is 6.07 Å². The summed E-state index contributed by atoms with van der Waals surface area (Å²) < 4.78 is 0. The Balaban J connectivity index is 1.80. The van der Waals surface area contributed by atoms with Crippen molar-refractivity contribution in [3.63, 3.8) is 0 Å². The number of quaternary nitrogens is 1. The first-order chi connectivity index (χ1) is 12.4. The molecule has 1 heterocycles. The number of nitro groups is 1. The zero-order valence-electron chi connectivity index (χ0n) is 14.5. The SMILES string of the molecule is CNC(=O)C(=O)NCC[NH+]1CCN(C(=O)c2cccc([N+](=O)[O-])c2)CC1. The van der Waals surface area contributed by atoms with Crippen LogP contribution in [-0.2, 0) is 9.59 Å². The van der Waals surface area contributed by atoms with E-state index in [-0.39, 0.29) is 11.6 Å². The van der Waals surface area contributed by atoms with Gasteiger partial charge in [-0.05, 0) is 6.07 Å². The standard InChI is InChI=1S/C16H21N5O5/c1-17-14(22)15(23)18-5-6-19-7-9-20(10-8-19)16(24)12-3-2-4-13(11-12)21(25)26/h2-4,11H,5-10H2,1H3,(H,17,22)(H,18,23)/p+1. The van der Waals surface area contributed by atoms with E-state index in [1.807, 2.05) is 0 Å². The van der Waals surface area contributed by atoms with Gasteiger partial charge in [0.25, 0.3) is 11.6 Å². The fraction of sp³-hybridized carbons (Fsp3) is 0.438. The quantitative estimate of drug-likeness (QED) is 0.310. The summed E-state index contributed by atoms with van der Waals surface area (Å²) in [5.41, 5.74) is 0.201. The molecule has 1 aromatic carbocycles. The van der Waals surface area contributed by atoms with Crippen molar-refractivity contribution in [3.8, 4) is 0 Å². The van der Waals surface area contributed by atoms with Crippen molar-refractivity contribution in [3.05, 3.63) is 39.9 Å². The number of nitrogens with one attached hydrogen (secondary N) is 3. The molecule has 0 radical (unpaired) electrons. The zero-order chi connectivity index (χ0) is 19.1. The number of hydrogen-bond acceptors (Lipinski definition) is 5. The van der Waals surface area contributed by atoms with Crippen molar-refractivity contribution >= 4 is 23.4 Å². The number of likely N-dealkylation sites (N-methyl/N-ethyl adjacent to an activating group) is 1. The van der Waals surface area contributed by atoms with Gasteiger partial charge in [0.05, 0.1) is 44.2 Å². The number of nitro benzene ring substituents is 1. The number of hydrogen-bond donors (Lipinski definition) is 3. The van der Waals surface area contributed by atoms with Crippen molar-refractivity contribution in [1.29, 1.82) is 0 Å². The minimum absolute atomic E-state index is 0.105. The van der Waals surface area contributed by atoms with Gasteiger partial charge < -0.3 is 20.4 Å². The number of amides is 3. The molecule has 0 unspecified atom stereocenters. The van der Waals surface area contributed by atoms with Crippen LogP contribution in [0.15, 0.2) is 24.3 Å². The van der Waals surface area contributed by atoms with Gasteiger partial charge in [0.2, 0.25) is 0 Å². The summed E-state index contributed by atoms with van der Waals surface area (Å²) in [6.07, 6.45) is 0. The molecule has 140 valence electrons. The lowest BCUT2D eigenvalue weighted by molar-refractivity contribution is -0.902. The van der Waals surface area contributed by atoms with Crippen LogP contribution in [-0.4, -0.2) is 73.9 Å². The predicted octanol–water partition coefficient (Wildman–Crippen LogP) is -2.20. The van der Waals surface area contributed by atoms with E-state index in [9.17, 15) is 24.5 Å². The Hall–Kier alpha value is -3.01. The van der Waals surface area contributed by atoms with Crippen molar-refractivity contribution in [1.82, 2.24) is 15.5 Å². The normalized spacial score (nSPS) is 14.6. The van der Waals surface area contributed by atoms with Crippen LogP contribution in [0.1, 0.15) is 10.4 Å². The molecule has 0 aromatic heterocycles. The van der Waals surface area contributed by atoms with Crippen LogP contribution >= 0.6 is 0 Å². The number of carbonyl (C=O) groups excluding carboxylic acids is 3. The lowest BCUT2D eigenvalue weighted by atomic mass is 10.1. The Morgan fingerprint density at radius 1 is 1.23 bits per heavy atom. The van der Waals surface area contributed by atoms with Gasteiger partial charge >= 0.3 is 11.8 Å². The van der Waals surface area contributed by atoms with Gasteiger partial charge in [-0.15, -0.1) is 0 Å². The fourth-order valence-corrected chi connectivity index (χ4v) is 2.76. The molecule has 1 fully saturated rings. The molecule has 1 aromatic rings. The third-order valence-corrected chi connectivity index (χ3v) is 4.26. The third kappa shape index (κ3) is 4.99. The maximum Gasteiger partial charge on any atom is 0.309 e. The van der Waals surface area contributed by atoms with Gasteiger partial charge in [-0.2, -0.15) is 0 Å². The van der Waals surface area contributed by atoms with Crippen LogP contribution < -0.4 is 15.5 Å². The van der Waals surface area contributed by atoms with Gasteiger partial charge in [0.1, 0.15) is 0 Å². The van der Waals surface area contributed by atoms with E-state index in [2.05, 4.69) is 10.6 Å². The van der Waals surface area contributed by atoms with Crippen molar-refractivity contribution in [2.24, 2.45) is 0 Å². The zero-order valence-corrected chi connectivity index (χ0v) is 14.5. The highest BCUT2D eigenvalue weighted by Gasteiger charge is 2.25. The highest BCUT2D eigenvalue weighted by atomic mass is 16.6. The average molecular weight is 364 g/mol. The second-order valence-corrected chi connectivity index (χ2v) is 5.93. The first-order valence-corrected chi connectivity index (χ1v) is 8.29. The lowest BCUT2D eigenvalue weighted by Crippen LogP contribution is -3.15. The van der Waals surface area contributed by atoms with Crippen LogP contribution in [0.2, 0.25) is 0 Å². The van der Waals surface area contributed by atoms with Gasteiger partial charge in [0.15, 0.2) is 0 Å². The molecule has 1 aliphatic rings. The maximum atomic E-state index is 12.5. The van der Waals surface area contributed by atoms with Crippen molar-refractivity contribution in [2.45, 2.75) is 0 Å². The Kier molecular flexibility index (Phi) is 6.61. The van der Waals surface area contributed by atoms with E-state index in [0.29, 0.717) is 44.8 Å². The molecule has 2 rings (SSSR count). The van der Waals surface area contributed by atoms with E-state index in [4.69, 9.17) is 0 Å². The number of piperazine rings is 1. The Morgan fingerprint density at radius 2 is 1.92 bits per heavy atom. The number of rotatable bonds is 5. The van der Waals surface area contributed by atoms with Gasteiger partial charge in [0, 0.05) is 24.7 Å². The molecular formula is C16H22N5O5+. The largest absolute Gasteiger partial charge is 0.351 e. The van der Waals surface area contributed by atoms with E-state index in [0.717, 1.165) is 0 Å². The highest BCUT2D eigenvalue weighted by molar-refractivity contribution is 6.34. The molecule has 0 aliphatic carbocycles. The summed E-state index contributed by atoms with van der Waals surface area (Å²) in [4.78, 5) is 48.1. The second-order valence-electron chi connectivity index (χ2n) is 5.93. The number of carbonyl (C=O) groups is 3.